The summed E-state index contributed by atoms with van der Waals surface area (Å²) in [7, 11) is 1.45. The van der Waals surface area contributed by atoms with Crippen LogP contribution in [0.15, 0.2) is 45.2 Å². The van der Waals surface area contributed by atoms with Crippen molar-refractivity contribution >= 4 is 34.0 Å². The number of nitrogens with zero attached hydrogens (tertiary/aromatic N) is 4. The Morgan fingerprint density at radius 1 is 1.38 bits per heavy atom. The van der Waals surface area contributed by atoms with Crippen LogP contribution in [-0.2, 0) is 4.79 Å². The third kappa shape index (κ3) is 3.61. The highest BCUT2D eigenvalue weighted by Crippen LogP contribution is 2.51. The molecule has 2 aromatic rings. The molecule has 0 saturated heterocycles. The molecule has 166 valence electrons. The van der Waals surface area contributed by atoms with Crippen LogP contribution in [0.3, 0.4) is 0 Å². The third-order valence-electron chi connectivity index (χ3n) is 5.68. The number of hydrogen-bond donors (Lipinski definition) is 2. The molecule has 0 radical (unpaired) electrons. The molecular weight excluding hydrogens is 446 g/mol. The summed E-state index contributed by atoms with van der Waals surface area (Å²) >= 11 is 2.83. The average Bonchev–Trinajstić information content (AvgIpc) is 3.21. The number of carbonyl (C=O) groups excluding carboxylic acids is 1. The number of aromatic hydroxyl groups is 1. The van der Waals surface area contributed by atoms with E-state index in [9.17, 15) is 15.2 Å². The van der Waals surface area contributed by atoms with E-state index in [-0.39, 0.29) is 34.1 Å². The number of phenols is 1. The summed E-state index contributed by atoms with van der Waals surface area (Å²) in [6, 6.07) is 7.06. The normalized spacial score (nSPS) is 20.3. The third-order valence-corrected chi connectivity index (χ3v) is 7.56. The van der Waals surface area contributed by atoms with Crippen LogP contribution in [0.2, 0.25) is 0 Å². The summed E-state index contributed by atoms with van der Waals surface area (Å²) in [6.45, 7) is 4.08. The van der Waals surface area contributed by atoms with E-state index in [0.717, 1.165) is 10.0 Å². The number of hydrogen-bond acceptors (Lipinski definition) is 10. The summed E-state index contributed by atoms with van der Waals surface area (Å²) < 4.78 is 6.03. The largest absolute Gasteiger partial charge is 0.504 e. The van der Waals surface area contributed by atoms with Gasteiger partial charge in [-0.05, 0) is 35.8 Å². The number of rotatable bonds is 4. The van der Waals surface area contributed by atoms with Gasteiger partial charge in [-0.25, -0.2) is 0 Å². The number of aromatic nitrogens is 2. The SMILES string of the molecule is COc1cc(C2C(C#N)=C(N)N(c3nnc(SC)s3)C3=C2C(=O)CC(C)(C)C3)ccc1O. The number of nitrogens with two attached hydrogens (primary N) is 1. The predicted octanol–water partition coefficient (Wildman–Crippen LogP) is 3.92. The van der Waals surface area contributed by atoms with Gasteiger partial charge in [-0.1, -0.05) is 43.0 Å². The fraction of sp³-hybridized carbons (Fsp3) is 0.364. The molecule has 1 aromatic carbocycles. The fourth-order valence-electron chi connectivity index (χ4n) is 4.31. The Bertz CT molecular complexity index is 1210. The second-order valence-corrected chi connectivity index (χ2v) is 10.5. The molecule has 10 heteroatoms. The number of allylic oxidation sites excluding steroid dienone is 3. The Balaban J connectivity index is 1.98. The number of nitriles is 1. The molecule has 1 aliphatic heterocycles. The van der Waals surface area contributed by atoms with Gasteiger partial charge in [0.05, 0.1) is 24.7 Å². The highest BCUT2D eigenvalue weighted by Gasteiger charge is 2.45. The van der Waals surface area contributed by atoms with Gasteiger partial charge in [0.2, 0.25) is 5.13 Å². The molecule has 0 saturated carbocycles. The summed E-state index contributed by atoms with van der Waals surface area (Å²) in [5.74, 6) is -0.212. The number of carbonyl (C=O) groups is 1. The molecule has 1 aliphatic carbocycles. The second kappa shape index (κ2) is 8.15. The maximum atomic E-state index is 13.5. The summed E-state index contributed by atoms with van der Waals surface area (Å²) in [6.07, 6.45) is 2.86. The first-order chi connectivity index (χ1) is 15.2. The molecule has 32 heavy (non-hydrogen) atoms. The number of phenolic OH excluding ortho intramolecular Hbond substituents is 1. The zero-order valence-electron chi connectivity index (χ0n) is 18.2. The number of ether oxygens (including phenoxy) is 1. The van der Waals surface area contributed by atoms with Crippen molar-refractivity contribution < 1.29 is 14.6 Å². The van der Waals surface area contributed by atoms with Crippen LogP contribution < -0.4 is 15.4 Å². The van der Waals surface area contributed by atoms with Crippen LogP contribution in [-0.4, -0.2) is 34.5 Å². The second-order valence-electron chi connectivity index (χ2n) is 8.47. The van der Waals surface area contributed by atoms with Gasteiger partial charge < -0.3 is 15.6 Å². The van der Waals surface area contributed by atoms with Gasteiger partial charge in [-0.2, -0.15) is 5.26 Å². The van der Waals surface area contributed by atoms with Crippen LogP contribution in [0.25, 0.3) is 0 Å². The highest BCUT2D eigenvalue weighted by molar-refractivity contribution is 8.00. The van der Waals surface area contributed by atoms with Crippen molar-refractivity contribution in [3.8, 4) is 17.6 Å². The molecule has 3 N–H and O–H groups in total. The smallest absolute Gasteiger partial charge is 0.219 e. The maximum Gasteiger partial charge on any atom is 0.219 e. The molecule has 0 spiro atoms. The minimum Gasteiger partial charge on any atom is -0.504 e. The molecule has 1 aromatic heterocycles. The average molecular weight is 470 g/mol. The Labute approximate surface area is 194 Å². The Morgan fingerprint density at radius 2 is 2.12 bits per heavy atom. The van der Waals surface area contributed by atoms with E-state index in [2.05, 4.69) is 16.3 Å². The molecule has 0 bridgehead atoms. The van der Waals surface area contributed by atoms with Crippen LogP contribution in [0.5, 0.6) is 11.5 Å². The Morgan fingerprint density at radius 3 is 2.75 bits per heavy atom. The molecule has 1 atom stereocenters. The van der Waals surface area contributed by atoms with Crippen molar-refractivity contribution in [2.45, 2.75) is 36.9 Å². The lowest BCUT2D eigenvalue weighted by Gasteiger charge is -2.42. The van der Waals surface area contributed by atoms with E-state index in [1.165, 1.54) is 36.3 Å². The molecule has 8 nitrogen and oxygen atoms in total. The number of Topliss-reactive ketones (excluding diaryl/α,β-unsaturated/α-hetero) is 1. The van der Waals surface area contributed by atoms with Crippen LogP contribution in [0.1, 0.15) is 38.2 Å². The molecule has 0 amide bonds. The van der Waals surface area contributed by atoms with Crippen molar-refractivity contribution in [1.29, 1.82) is 5.26 Å². The minimum atomic E-state index is -0.655. The van der Waals surface area contributed by atoms with Gasteiger partial charge in [-0.3, -0.25) is 9.69 Å². The number of methoxy groups -OCH3 is 1. The Kier molecular flexibility index (Phi) is 5.65. The first-order valence-electron chi connectivity index (χ1n) is 9.91. The van der Waals surface area contributed by atoms with Gasteiger partial charge in [0.1, 0.15) is 5.82 Å². The monoisotopic (exact) mass is 469 g/mol. The van der Waals surface area contributed by atoms with Gasteiger partial charge in [0, 0.05) is 17.7 Å². The van der Waals surface area contributed by atoms with Crippen molar-refractivity contribution in [3.63, 3.8) is 0 Å². The van der Waals surface area contributed by atoms with Gasteiger partial charge >= 0.3 is 0 Å². The number of anilines is 1. The standard InChI is InChI=1S/C22H23N5O3S2/c1-22(2)8-13-18(15(29)9-22)17(11-5-6-14(28)16(7-11)30-3)12(10-23)19(24)27(13)20-25-26-21(31-4)32-20/h5-7,17,28H,8-9,24H2,1-4H3. The zero-order chi connectivity index (χ0) is 23.2. The molecular formula is C22H23N5O3S2. The zero-order valence-corrected chi connectivity index (χ0v) is 19.8. The van der Waals surface area contributed by atoms with E-state index in [0.29, 0.717) is 29.1 Å². The number of thioether (sulfide) groups is 1. The van der Waals surface area contributed by atoms with Crippen LogP contribution >= 0.6 is 23.1 Å². The lowest BCUT2D eigenvalue weighted by Crippen LogP contribution is -2.42. The topological polar surface area (TPSA) is 125 Å². The fourth-order valence-corrected chi connectivity index (χ4v) is 5.61. The molecule has 2 aliphatic rings. The van der Waals surface area contributed by atoms with E-state index in [1.807, 2.05) is 20.1 Å². The van der Waals surface area contributed by atoms with E-state index in [4.69, 9.17) is 10.5 Å². The number of benzene rings is 1. The Hall–Kier alpha value is -3.03. The molecule has 1 unspecified atom stereocenters. The number of ketones is 1. The first-order valence-corrected chi connectivity index (χ1v) is 12.0. The predicted molar refractivity (Wildman–Crippen MR) is 123 cm³/mol. The van der Waals surface area contributed by atoms with Crippen molar-refractivity contribution in [3.05, 3.63) is 46.4 Å². The minimum absolute atomic E-state index is 0.0205. The lowest BCUT2D eigenvalue weighted by atomic mass is 9.68. The summed E-state index contributed by atoms with van der Waals surface area (Å²) in [5.41, 5.74) is 8.48. The van der Waals surface area contributed by atoms with E-state index in [1.54, 1.807) is 17.0 Å². The van der Waals surface area contributed by atoms with Gasteiger partial charge in [0.15, 0.2) is 21.6 Å². The molecule has 2 heterocycles. The van der Waals surface area contributed by atoms with Crippen molar-refractivity contribution in [2.24, 2.45) is 11.1 Å². The van der Waals surface area contributed by atoms with Crippen LogP contribution in [0, 0.1) is 16.7 Å². The van der Waals surface area contributed by atoms with Crippen LogP contribution in [0.4, 0.5) is 5.13 Å². The van der Waals surface area contributed by atoms with Crippen molar-refractivity contribution in [1.82, 2.24) is 10.2 Å². The first kappa shape index (κ1) is 22.2. The van der Waals surface area contributed by atoms with E-state index >= 15 is 0 Å². The van der Waals surface area contributed by atoms with E-state index < -0.39 is 5.92 Å². The highest BCUT2D eigenvalue weighted by atomic mass is 32.2. The molecule has 4 rings (SSSR count). The van der Waals surface area contributed by atoms with Gasteiger partial charge in [0.25, 0.3) is 0 Å². The lowest BCUT2D eigenvalue weighted by molar-refractivity contribution is -0.118. The summed E-state index contributed by atoms with van der Waals surface area (Å²) in [4.78, 5) is 15.2. The summed E-state index contributed by atoms with van der Waals surface area (Å²) in [5, 5.41) is 29.1. The molecule has 0 fully saturated rings. The quantitative estimate of drug-likeness (QED) is 0.641. The van der Waals surface area contributed by atoms with Gasteiger partial charge in [-0.15, -0.1) is 10.2 Å². The van der Waals surface area contributed by atoms with Crippen molar-refractivity contribution in [2.75, 3.05) is 18.3 Å². The maximum absolute atomic E-state index is 13.5.